The fourth-order valence-corrected chi connectivity index (χ4v) is 1.07. The molecule has 1 rings (SSSR count). The van der Waals surface area contributed by atoms with Crippen LogP contribution in [0.5, 0.6) is 0 Å². The predicted octanol–water partition coefficient (Wildman–Crippen LogP) is 0.291. The normalized spacial score (nSPS) is 9.65. The van der Waals surface area contributed by atoms with E-state index in [1.54, 1.807) is 12.1 Å². The summed E-state index contributed by atoms with van der Waals surface area (Å²) in [6.07, 6.45) is 1.58. The van der Waals surface area contributed by atoms with Crippen LogP contribution in [-0.2, 0) is 9.53 Å². The Hall–Kier alpha value is -1.97. The van der Waals surface area contributed by atoms with E-state index in [4.69, 9.17) is 15.1 Å². The van der Waals surface area contributed by atoms with Gasteiger partial charge in [0.1, 0.15) is 11.9 Å². The Morgan fingerprint density at radius 2 is 2.35 bits per heavy atom. The van der Waals surface area contributed by atoms with Gasteiger partial charge in [0.25, 0.3) is 0 Å². The van der Waals surface area contributed by atoms with Gasteiger partial charge >= 0.3 is 0 Å². The maximum absolute atomic E-state index is 11.4. The summed E-state index contributed by atoms with van der Waals surface area (Å²) in [6, 6.07) is 5.07. The van der Waals surface area contributed by atoms with Gasteiger partial charge in [0.05, 0.1) is 31.8 Å². The quantitative estimate of drug-likeness (QED) is 0.691. The summed E-state index contributed by atoms with van der Waals surface area (Å²) in [5.74, 6) is 0.177. The van der Waals surface area contributed by atoms with Crippen molar-refractivity contribution in [2.24, 2.45) is 0 Å². The molecule has 6 nitrogen and oxygen atoms in total. The highest BCUT2D eigenvalue weighted by molar-refractivity contribution is 5.89. The van der Waals surface area contributed by atoms with Gasteiger partial charge in [-0.1, -0.05) is 0 Å². The molecule has 6 heteroatoms. The summed E-state index contributed by atoms with van der Waals surface area (Å²) in [5.41, 5.74) is 0.439. The van der Waals surface area contributed by atoms with E-state index >= 15 is 0 Å². The predicted molar refractivity (Wildman–Crippen MR) is 60.1 cm³/mol. The third-order valence-corrected chi connectivity index (χ3v) is 1.87. The first-order valence-corrected chi connectivity index (χ1v) is 5.11. The summed E-state index contributed by atoms with van der Waals surface area (Å²) in [4.78, 5) is 15.3. The summed E-state index contributed by atoms with van der Waals surface area (Å²) < 4.78 is 4.95. The maximum atomic E-state index is 11.4. The summed E-state index contributed by atoms with van der Waals surface area (Å²) >= 11 is 0. The molecule has 17 heavy (non-hydrogen) atoms. The van der Waals surface area contributed by atoms with E-state index < -0.39 is 0 Å². The molecular formula is C11H13N3O3. The average Bonchev–Trinajstić information content (AvgIpc) is 2.36. The SMILES string of the molecule is N#Cc1ccc(NC(=O)CCOCCO)nc1. The monoisotopic (exact) mass is 235 g/mol. The molecule has 0 unspecified atom stereocenters. The van der Waals surface area contributed by atoms with Crippen LogP contribution in [-0.4, -0.2) is 35.8 Å². The second kappa shape index (κ2) is 7.33. The number of rotatable bonds is 6. The highest BCUT2D eigenvalue weighted by Gasteiger charge is 2.03. The third-order valence-electron chi connectivity index (χ3n) is 1.87. The Balaban J connectivity index is 2.32. The first kappa shape index (κ1) is 13.1. The van der Waals surface area contributed by atoms with Crippen molar-refractivity contribution < 1.29 is 14.6 Å². The third kappa shape index (κ3) is 5.06. The minimum atomic E-state index is -0.222. The second-order valence-electron chi connectivity index (χ2n) is 3.18. The lowest BCUT2D eigenvalue weighted by atomic mass is 10.3. The molecule has 0 radical (unpaired) electrons. The summed E-state index contributed by atoms with van der Waals surface area (Å²) in [7, 11) is 0. The van der Waals surface area contributed by atoms with Crippen LogP contribution in [0.25, 0.3) is 0 Å². The lowest BCUT2D eigenvalue weighted by Crippen LogP contribution is -2.15. The number of carbonyl (C=O) groups excluding carboxylic acids is 1. The molecular weight excluding hydrogens is 222 g/mol. The van der Waals surface area contributed by atoms with Gasteiger partial charge in [-0.15, -0.1) is 0 Å². The lowest BCUT2D eigenvalue weighted by molar-refractivity contribution is -0.117. The molecule has 0 aliphatic rings. The number of nitriles is 1. The van der Waals surface area contributed by atoms with Gasteiger partial charge in [-0.05, 0) is 12.1 Å². The minimum Gasteiger partial charge on any atom is -0.394 e. The van der Waals surface area contributed by atoms with Crippen LogP contribution >= 0.6 is 0 Å². The smallest absolute Gasteiger partial charge is 0.227 e. The number of nitrogens with zero attached hydrogens (tertiary/aromatic N) is 2. The van der Waals surface area contributed by atoms with Crippen LogP contribution < -0.4 is 5.32 Å². The van der Waals surface area contributed by atoms with Crippen molar-refractivity contribution in [3.63, 3.8) is 0 Å². The number of amides is 1. The molecule has 0 saturated heterocycles. The molecule has 0 atom stereocenters. The van der Waals surface area contributed by atoms with Crippen LogP contribution in [0.15, 0.2) is 18.3 Å². The van der Waals surface area contributed by atoms with Crippen molar-refractivity contribution in [3.05, 3.63) is 23.9 Å². The Bertz CT molecular complexity index is 397. The molecule has 0 fully saturated rings. The van der Waals surface area contributed by atoms with Crippen LogP contribution in [0.3, 0.4) is 0 Å². The van der Waals surface area contributed by atoms with Gasteiger partial charge in [0, 0.05) is 6.20 Å². The van der Waals surface area contributed by atoms with E-state index in [0.717, 1.165) is 0 Å². The minimum absolute atomic E-state index is 0.0567. The highest BCUT2D eigenvalue weighted by atomic mass is 16.5. The summed E-state index contributed by atoms with van der Waals surface area (Å²) in [6.45, 7) is 0.421. The number of nitrogens with one attached hydrogen (secondary N) is 1. The van der Waals surface area contributed by atoms with Crippen molar-refractivity contribution in [3.8, 4) is 6.07 Å². The van der Waals surface area contributed by atoms with E-state index in [9.17, 15) is 4.79 Å². The number of hydrogen-bond acceptors (Lipinski definition) is 5. The van der Waals surface area contributed by atoms with E-state index in [1.807, 2.05) is 6.07 Å². The number of anilines is 1. The van der Waals surface area contributed by atoms with Gasteiger partial charge in [-0.2, -0.15) is 5.26 Å². The van der Waals surface area contributed by atoms with E-state index in [0.29, 0.717) is 11.4 Å². The number of aliphatic hydroxyl groups excluding tert-OH is 1. The molecule has 0 saturated carbocycles. The van der Waals surface area contributed by atoms with Gasteiger partial charge in [0.15, 0.2) is 0 Å². The topological polar surface area (TPSA) is 95.2 Å². The fourth-order valence-electron chi connectivity index (χ4n) is 1.07. The van der Waals surface area contributed by atoms with Crippen molar-refractivity contribution in [1.82, 2.24) is 4.98 Å². The molecule has 1 heterocycles. The number of aromatic nitrogens is 1. The Kier molecular flexibility index (Phi) is 5.64. The zero-order chi connectivity index (χ0) is 12.5. The average molecular weight is 235 g/mol. The van der Waals surface area contributed by atoms with Crippen LogP contribution in [0.2, 0.25) is 0 Å². The van der Waals surface area contributed by atoms with E-state index in [1.165, 1.54) is 6.20 Å². The molecule has 1 aromatic rings. The molecule has 1 amide bonds. The van der Waals surface area contributed by atoms with E-state index in [-0.39, 0.29) is 32.1 Å². The molecule has 0 aliphatic carbocycles. The number of hydrogen-bond donors (Lipinski definition) is 2. The van der Waals surface area contributed by atoms with Crippen molar-refractivity contribution in [1.29, 1.82) is 5.26 Å². The molecule has 90 valence electrons. The Labute approximate surface area is 98.9 Å². The van der Waals surface area contributed by atoms with Gasteiger partial charge in [0.2, 0.25) is 5.91 Å². The van der Waals surface area contributed by atoms with Gasteiger partial charge < -0.3 is 15.2 Å². The number of pyridine rings is 1. The fraction of sp³-hybridized carbons (Fsp3) is 0.364. The highest BCUT2D eigenvalue weighted by Crippen LogP contribution is 2.04. The van der Waals surface area contributed by atoms with Gasteiger partial charge in [-0.3, -0.25) is 4.79 Å². The summed E-state index contributed by atoms with van der Waals surface area (Å²) in [5, 5.41) is 19.6. The number of ether oxygens (including phenoxy) is 1. The molecule has 2 N–H and O–H groups in total. The Morgan fingerprint density at radius 1 is 1.53 bits per heavy atom. The molecule has 0 aromatic carbocycles. The first-order chi connectivity index (χ1) is 8.26. The molecule has 1 aromatic heterocycles. The zero-order valence-electron chi connectivity index (χ0n) is 9.22. The standard InChI is InChI=1S/C11H13N3O3/c12-7-9-1-2-10(13-8-9)14-11(16)3-5-17-6-4-15/h1-2,8,15H,3-6H2,(H,13,14,16). The van der Waals surface area contributed by atoms with Crippen LogP contribution in [0, 0.1) is 11.3 Å². The molecule has 0 bridgehead atoms. The number of carbonyl (C=O) groups is 1. The van der Waals surface area contributed by atoms with Gasteiger partial charge in [-0.25, -0.2) is 4.98 Å². The Morgan fingerprint density at radius 3 is 2.94 bits per heavy atom. The largest absolute Gasteiger partial charge is 0.394 e. The molecule has 0 aliphatic heterocycles. The first-order valence-electron chi connectivity index (χ1n) is 5.11. The van der Waals surface area contributed by atoms with E-state index in [2.05, 4.69) is 10.3 Å². The number of aliphatic hydroxyl groups is 1. The second-order valence-corrected chi connectivity index (χ2v) is 3.18. The van der Waals surface area contributed by atoms with Crippen LogP contribution in [0.4, 0.5) is 5.82 Å². The molecule has 0 spiro atoms. The lowest BCUT2D eigenvalue weighted by Gasteiger charge is -2.04. The van der Waals surface area contributed by atoms with Crippen molar-refractivity contribution >= 4 is 11.7 Å². The van der Waals surface area contributed by atoms with Crippen molar-refractivity contribution in [2.75, 3.05) is 25.1 Å². The maximum Gasteiger partial charge on any atom is 0.227 e. The zero-order valence-corrected chi connectivity index (χ0v) is 9.22. The van der Waals surface area contributed by atoms with Crippen molar-refractivity contribution in [2.45, 2.75) is 6.42 Å². The van der Waals surface area contributed by atoms with Crippen LogP contribution in [0.1, 0.15) is 12.0 Å².